The summed E-state index contributed by atoms with van der Waals surface area (Å²) in [6.07, 6.45) is 2.92. The summed E-state index contributed by atoms with van der Waals surface area (Å²) in [5, 5.41) is -0.344. The molecule has 2 aliphatic rings. The Morgan fingerprint density at radius 1 is 1.53 bits per heavy atom. The molecule has 0 radical (unpaired) electrons. The van der Waals surface area contributed by atoms with E-state index in [1.54, 1.807) is 0 Å². The maximum absolute atomic E-state index is 11.7. The summed E-state index contributed by atoms with van der Waals surface area (Å²) in [4.78, 5) is 11.7. The molecule has 15 heavy (non-hydrogen) atoms. The summed E-state index contributed by atoms with van der Waals surface area (Å²) in [6.45, 7) is 1.99. The van der Waals surface area contributed by atoms with Gasteiger partial charge in [-0.2, -0.15) is 0 Å². The summed E-state index contributed by atoms with van der Waals surface area (Å²) < 4.78 is 25.2. The van der Waals surface area contributed by atoms with Crippen molar-refractivity contribution >= 4 is 15.9 Å². The Bertz CT molecular complexity index is 388. The second-order valence-corrected chi connectivity index (χ2v) is 6.60. The lowest BCUT2D eigenvalue weighted by atomic mass is 10.2. The van der Waals surface area contributed by atoms with E-state index in [-0.39, 0.29) is 11.2 Å². The zero-order valence-corrected chi connectivity index (χ0v) is 9.64. The van der Waals surface area contributed by atoms with Crippen molar-refractivity contribution in [1.29, 1.82) is 0 Å². The van der Waals surface area contributed by atoms with Crippen molar-refractivity contribution in [3.63, 3.8) is 0 Å². The van der Waals surface area contributed by atoms with Crippen molar-refractivity contribution < 1.29 is 18.9 Å². The first-order chi connectivity index (χ1) is 6.90. The molecule has 0 aromatic carbocycles. The van der Waals surface area contributed by atoms with Crippen LogP contribution >= 0.6 is 0 Å². The lowest BCUT2D eigenvalue weighted by Gasteiger charge is -2.09. The summed E-state index contributed by atoms with van der Waals surface area (Å²) in [7, 11) is -3.40. The fraction of sp³-hybridized carbons (Fsp3) is 0.889. The van der Waals surface area contributed by atoms with E-state index in [2.05, 4.69) is 10.5 Å². The van der Waals surface area contributed by atoms with Crippen LogP contribution in [0.4, 0.5) is 0 Å². The Balaban J connectivity index is 1.99. The number of sulfonamides is 1. The second-order valence-electron chi connectivity index (χ2n) is 4.64. The number of hydrogen-bond acceptors (Lipinski definition) is 3. The van der Waals surface area contributed by atoms with Crippen LogP contribution in [-0.2, 0) is 14.8 Å². The lowest BCUT2D eigenvalue weighted by Crippen LogP contribution is -2.72. The van der Waals surface area contributed by atoms with E-state index < -0.39 is 21.5 Å². The SMILES string of the molecule is CC[C@@H]1C[C@]1([NH3+])C(=O)NS(=O)(=O)C1CC1. The molecule has 5 nitrogen and oxygen atoms in total. The molecule has 2 aliphatic carbocycles. The van der Waals surface area contributed by atoms with Crippen LogP contribution in [-0.4, -0.2) is 25.1 Å². The Morgan fingerprint density at radius 2 is 2.13 bits per heavy atom. The minimum absolute atomic E-state index is 0.243. The Kier molecular flexibility index (Phi) is 2.31. The van der Waals surface area contributed by atoms with Crippen LogP contribution in [0.25, 0.3) is 0 Å². The van der Waals surface area contributed by atoms with Gasteiger partial charge in [0.05, 0.1) is 5.25 Å². The van der Waals surface area contributed by atoms with Gasteiger partial charge in [-0.15, -0.1) is 0 Å². The molecule has 2 fully saturated rings. The monoisotopic (exact) mass is 233 g/mol. The number of carbonyl (C=O) groups is 1. The van der Waals surface area contributed by atoms with Gasteiger partial charge in [0.25, 0.3) is 5.91 Å². The second kappa shape index (κ2) is 3.18. The van der Waals surface area contributed by atoms with Gasteiger partial charge in [-0.3, -0.25) is 4.79 Å². The molecule has 2 rings (SSSR count). The molecule has 0 unspecified atom stereocenters. The predicted molar refractivity (Wildman–Crippen MR) is 54.1 cm³/mol. The van der Waals surface area contributed by atoms with E-state index in [4.69, 9.17) is 0 Å². The van der Waals surface area contributed by atoms with E-state index in [9.17, 15) is 13.2 Å². The fourth-order valence-corrected chi connectivity index (χ4v) is 3.27. The molecule has 0 heterocycles. The molecule has 0 aromatic rings. The maximum Gasteiger partial charge on any atom is 0.294 e. The largest absolute Gasteiger partial charge is 0.345 e. The van der Waals surface area contributed by atoms with Crippen molar-refractivity contribution in [2.75, 3.05) is 0 Å². The van der Waals surface area contributed by atoms with Crippen LogP contribution in [0, 0.1) is 5.92 Å². The molecule has 0 aliphatic heterocycles. The van der Waals surface area contributed by atoms with E-state index in [1.807, 2.05) is 6.92 Å². The van der Waals surface area contributed by atoms with Gasteiger partial charge in [-0.1, -0.05) is 6.92 Å². The minimum atomic E-state index is -3.40. The minimum Gasteiger partial charge on any atom is -0.345 e. The molecular weight excluding hydrogens is 216 g/mol. The quantitative estimate of drug-likeness (QED) is 0.653. The highest BCUT2D eigenvalue weighted by molar-refractivity contribution is 7.90. The van der Waals surface area contributed by atoms with Crippen molar-refractivity contribution in [2.24, 2.45) is 5.92 Å². The van der Waals surface area contributed by atoms with Crippen molar-refractivity contribution in [3.8, 4) is 0 Å². The molecule has 6 heteroatoms. The molecule has 0 aromatic heterocycles. The lowest BCUT2D eigenvalue weighted by molar-refractivity contribution is -0.425. The van der Waals surface area contributed by atoms with Crippen LogP contribution in [0.3, 0.4) is 0 Å². The van der Waals surface area contributed by atoms with Crippen LogP contribution in [0.5, 0.6) is 0 Å². The van der Waals surface area contributed by atoms with Crippen molar-refractivity contribution in [1.82, 2.24) is 4.72 Å². The number of quaternary nitrogens is 1. The zero-order valence-electron chi connectivity index (χ0n) is 8.82. The molecule has 86 valence electrons. The summed E-state index contributed by atoms with van der Waals surface area (Å²) in [6, 6.07) is 0. The molecule has 0 saturated heterocycles. The van der Waals surface area contributed by atoms with Gasteiger partial charge in [0.15, 0.2) is 5.54 Å². The number of amides is 1. The third-order valence-electron chi connectivity index (χ3n) is 3.38. The topological polar surface area (TPSA) is 90.9 Å². The Morgan fingerprint density at radius 3 is 2.53 bits per heavy atom. The summed E-state index contributed by atoms with van der Waals surface area (Å²) in [5.41, 5.74) is 3.14. The molecule has 4 N–H and O–H groups in total. The number of rotatable bonds is 4. The number of carbonyl (C=O) groups excluding carboxylic acids is 1. The third kappa shape index (κ3) is 1.88. The van der Waals surface area contributed by atoms with Gasteiger partial charge in [0, 0.05) is 12.3 Å². The molecular formula is C9H17N2O3S+. The standard InChI is InChI=1S/C9H16N2O3S/c1-2-6-5-9(6,10)8(12)11-15(13,14)7-3-4-7/h6-7H,2-5,10H2,1H3,(H,11,12)/p+1/t6-,9-/m1/s1. The van der Waals surface area contributed by atoms with Gasteiger partial charge in [0.1, 0.15) is 0 Å². The van der Waals surface area contributed by atoms with Gasteiger partial charge >= 0.3 is 0 Å². The van der Waals surface area contributed by atoms with Crippen molar-refractivity contribution in [2.45, 2.75) is 43.4 Å². The molecule has 2 atom stereocenters. The third-order valence-corrected chi connectivity index (χ3v) is 5.19. The molecule has 0 spiro atoms. The smallest absolute Gasteiger partial charge is 0.294 e. The number of nitrogens with one attached hydrogen (secondary N) is 1. The fourth-order valence-electron chi connectivity index (χ4n) is 1.89. The molecule has 0 bridgehead atoms. The highest BCUT2D eigenvalue weighted by atomic mass is 32.2. The normalized spacial score (nSPS) is 34.9. The zero-order chi connectivity index (χ0) is 11.3. The van der Waals surface area contributed by atoms with E-state index in [1.165, 1.54) is 0 Å². The summed E-state index contributed by atoms with van der Waals surface area (Å²) >= 11 is 0. The van der Waals surface area contributed by atoms with Crippen LogP contribution < -0.4 is 10.5 Å². The van der Waals surface area contributed by atoms with Gasteiger partial charge in [-0.25, -0.2) is 13.1 Å². The van der Waals surface area contributed by atoms with Gasteiger partial charge in [-0.05, 0) is 19.3 Å². The van der Waals surface area contributed by atoms with Crippen LogP contribution in [0.1, 0.15) is 32.6 Å². The average Bonchev–Trinajstić information content (AvgIpc) is 2.97. The highest BCUT2D eigenvalue weighted by Crippen LogP contribution is 2.42. The molecule has 1 amide bonds. The predicted octanol–water partition coefficient (Wildman–Crippen LogP) is -0.995. The van der Waals surface area contributed by atoms with Crippen molar-refractivity contribution in [3.05, 3.63) is 0 Å². The van der Waals surface area contributed by atoms with Gasteiger partial charge < -0.3 is 5.73 Å². The molecule has 2 saturated carbocycles. The van der Waals surface area contributed by atoms with Crippen LogP contribution in [0.2, 0.25) is 0 Å². The number of hydrogen-bond donors (Lipinski definition) is 2. The van der Waals surface area contributed by atoms with E-state index in [0.717, 1.165) is 6.42 Å². The average molecular weight is 233 g/mol. The van der Waals surface area contributed by atoms with Gasteiger partial charge in [0.2, 0.25) is 10.0 Å². The van der Waals surface area contributed by atoms with Crippen LogP contribution in [0.15, 0.2) is 0 Å². The van der Waals surface area contributed by atoms with E-state index in [0.29, 0.717) is 19.3 Å². The highest BCUT2D eigenvalue weighted by Gasteiger charge is 2.61. The Labute approximate surface area is 89.5 Å². The first-order valence-corrected chi connectivity index (χ1v) is 6.86. The summed E-state index contributed by atoms with van der Waals surface area (Å²) in [5.74, 6) is -0.173. The van der Waals surface area contributed by atoms with E-state index >= 15 is 0 Å². The maximum atomic E-state index is 11.7. The Hall–Kier alpha value is -0.620. The first kappa shape index (κ1) is 10.9. The first-order valence-electron chi connectivity index (χ1n) is 5.31.